The molecule has 1 aliphatic heterocycles. The number of hydrogen-bond acceptors (Lipinski definition) is 3. The van der Waals surface area contributed by atoms with Crippen LogP contribution in [0.1, 0.15) is 12.8 Å². The molecule has 0 aromatic rings. The van der Waals surface area contributed by atoms with Gasteiger partial charge in [-0.2, -0.15) is 13.2 Å². The van der Waals surface area contributed by atoms with Gasteiger partial charge in [-0.1, -0.05) is 12.8 Å². The molecule has 9 heteroatoms. The standard InChI is InChI=1S/C7H12F3N2O2S.Li/c1-12-4-2-6(3-5-12)11-15(13,14)7(8,9)10;/h6H,2-5H2,1H3;/q-1;+1. The van der Waals surface area contributed by atoms with E-state index in [1.807, 2.05) is 11.9 Å². The number of halogens is 3. The Labute approximate surface area is 105 Å². The maximum absolute atomic E-state index is 12.0. The van der Waals surface area contributed by atoms with Gasteiger partial charge in [0, 0.05) is 0 Å². The minimum Gasteiger partial charge on any atom is -0.538 e. The topological polar surface area (TPSA) is 51.5 Å². The van der Waals surface area contributed by atoms with Crippen molar-refractivity contribution < 1.29 is 40.4 Å². The van der Waals surface area contributed by atoms with E-state index in [4.69, 9.17) is 0 Å². The summed E-state index contributed by atoms with van der Waals surface area (Å²) in [4.78, 5) is 1.92. The van der Waals surface area contributed by atoms with Crippen molar-refractivity contribution in [3.8, 4) is 0 Å². The molecule has 0 aliphatic carbocycles. The van der Waals surface area contributed by atoms with E-state index < -0.39 is 21.6 Å². The Balaban J connectivity index is 0.00000225. The summed E-state index contributed by atoms with van der Waals surface area (Å²) in [5.41, 5.74) is -5.27. The van der Waals surface area contributed by atoms with Gasteiger partial charge in [-0.15, -0.1) is 6.04 Å². The number of nitrogens with zero attached hydrogens (tertiary/aromatic N) is 2. The molecule has 1 rings (SSSR count). The number of piperidine rings is 1. The molecular formula is C7H12F3LiN2O2S. The average molecular weight is 252 g/mol. The number of hydrogen-bond donors (Lipinski definition) is 0. The van der Waals surface area contributed by atoms with E-state index in [9.17, 15) is 21.6 Å². The second-order valence-electron chi connectivity index (χ2n) is 3.56. The fraction of sp³-hybridized carbons (Fsp3) is 1.00. The molecule has 90 valence electrons. The largest absolute Gasteiger partial charge is 1.00 e. The summed E-state index contributed by atoms with van der Waals surface area (Å²) in [5.74, 6) is 0. The maximum atomic E-state index is 12.0. The summed E-state index contributed by atoms with van der Waals surface area (Å²) < 4.78 is 60.2. The monoisotopic (exact) mass is 252 g/mol. The van der Waals surface area contributed by atoms with Crippen molar-refractivity contribution in [3.05, 3.63) is 4.72 Å². The first-order valence-corrected chi connectivity index (χ1v) is 5.88. The van der Waals surface area contributed by atoms with Gasteiger partial charge in [-0.05, 0) is 20.1 Å². The molecule has 0 saturated carbocycles. The first-order valence-electron chi connectivity index (χ1n) is 4.44. The SMILES string of the molecule is CN1CCC([N-]S(=O)(=O)C(F)(F)F)CC1.[Li+]. The zero-order valence-corrected chi connectivity index (χ0v) is 9.98. The molecule has 0 bridgehead atoms. The zero-order chi connectivity index (χ0) is 11.7. The molecule has 0 spiro atoms. The van der Waals surface area contributed by atoms with Gasteiger partial charge in [0.15, 0.2) is 10.0 Å². The summed E-state index contributed by atoms with van der Waals surface area (Å²) >= 11 is 0. The summed E-state index contributed by atoms with van der Waals surface area (Å²) in [6, 6.07) is -0.729. The first-order chi connectivity index (χ1) is 6.72. The van der Waals surface area contributed by atoms with Crippen molar-refractivity contribution in [2.75, 3.05) is 20.1 Å². The van der Waals surface area contributed by atoms with E-state index in [1.165, 1.54) is 0 Å². The van der Waals surface area contributed by atoms with Crippen molar-refractivity contribution in [3.63, 3.8) is 0 Å². The van der Waals surface area contributed by atoms with E-state index in [-0.39, 0.29) is 18.9 Å². The third kappa shape index (κ3) is 4.26. The van der Waals surface area contributed by atoms with Crippen LogP contribution in [0.2, 0.25) is 0 Å². The second kappa shape index (κ2) is 5.73. The molecule has 0 aromatic carbocycles. The molecule has 0 radical (unpaired) electrons. The Kier molecular flexibility index (Phi) is 5.83. The van der Waals surface area contributed by atoms with Gasteiger partial charge in [0.05, 0.1) is 0 Å². The molecule has 1 saturated heterocycles. The molecule has 0 aromatic heterocycles. The van der Waals surface area contributed by atoms with Gasteiger partial charge >= 0.3 is 24.4 Å². The van der Waals surface area contributed by atoms with Crippen LogP contribution in [0.4, 0.5) is 13.2 Å². The van der Waals surface area contributed by atoms with Gasteiger partial charge < -0.3 is 9.62 Å². The summed E-state index contributed by atoms with van der Waals surface area (Å²) in [5, 5.41) is 0. The van der Waals surface area contributed by atoms with Crippen LogP contribution < -0.4 is 18.9 Å². The van der Waals surface area contributed by atoms with E-state index >= 15 is 0 Å². The van der Waals surface area contributed by atoms with Crippen LogP contribution in [-0.4, -0.2) is 45.0 Å². The van der Waals surface area contributed by atoms with Gasteiger partial charge in [0.1, 0.15) is 0 Å². The van der Waals surface area contributed by atoms with Gasteiger partial charge in [-0.3, -0.25) is 0 Å². The predicted octanol–water partition coefficient (Wildman–Crippen LogP) is -1.69. The van der Waals surface area contributed by atoms with E-state index in [1.54, 1.807) is 0 Å². The third-order valence-electron chi connectivity index (χ3n) is 2.27. The first kappa shape index (κ1) is 16.3. The molecule has 1 heterocycles. The Hall–Kier alpha value is 0.257. The maximum Gasteiger partial charge on any atom is 1.00 e. The molecular weight excluding hydrogens is 240 g/mol. The minimum atomic E-state index is -5.31. The molecule has 1 fully saturated rings. The van der Waals surface area contributed by atoms with Crippen LogP contribution >= 0.6 is 0 Å². The molecule has 4 nitrogen and oxygen atoms in total. The second-order valence-corrected chi connectivity index (χ2v) is 5.18. The molecule has 0 unspecified atom stereocenters. The minimum absolute atomic E-state index is 0. The van der Waals surface area contributed by atoms with Crippen LogP contribution in [0.25, 0.3) is 4.72 Å². The Morgan fingerprint density at radius 1 is 1.25 bits per heavy atom. The zero-order valence-electron chi connectivity index (χ0n) is 9.16. The normalized spacial score (nSPS) is 20.5. The Morgan fingerprint density at radius 2 is 1.69 bits per heavy atom. The quantitative estimate of drug-likeness (QED) is 0.551. The summed E-state index contributed by atoms with van der Waals surface area (Å²) in [6.45, 7) is 1.14. The number of likely N-dealkylation sites (tertiary alicyclic amines) is 1. The molecule has 1 aliphatic rings. The van der Waals surface area contributed by atoms with Crippen molar-refractivity contribution in [2.24, 2.45) is 0 Å². The summed E-state index contributed by atoms with van der Waals surface area (Å²) in [7, 11) is -3.48. The molecule has 0 amide bonds. The number of sulfonamides is 1. The van der Waals surface area contributed by atoms with Crippen LogP contribution in [0.15, 0.2) is 0 Å². The average Bonchev–Trinajstić information content (AvgIpc) is 2.06. The fourth-order valence-corrected chi connectivity index (χ4v) is 2.08. The third-order valence-corrected chi connectivity index (χ3v) is 3.43. The van der Waals surface area contributed by atoms with Crippen molar-refractivity contribution >= 4 is 10.0 Å². The molecule has 0 atom stereocenters. The Morgan fingerprint density at radius 3 is 2.06 bits per heavy atom. The van der Waals surface area contributed by atoms with Crippen molar-refractivity contribution in [2.45, 2.75) is 24.4 Å². The predicted molar refractivity (Wildman–Crippen MR) is 48.9 cm³/mol. The summed E-state index contributed by atoms with van der Waals surface area (Å²) in [6.07, 6.45) is 0.706. The van der Waals surface area contributed by atoms with E-state index in [0.717, 1.165) is 0 Å². The van der Waals surface area contributed by atoms with Crippen LogP contribution in [-0.2, 0) is 10.0 Å². The van der Waals surface area contributed by atoms with Crippen molar-refractivity contribution in [1.29, 1.82) is 0 Å². The Bertz CT molecular complexity index is 312. The van der Waals surface area contributed by atoms with E-state index in [0.29, 0.717) is 25.9 Å². The van der Waals surface area contributed by atoms with Crippen molar-refractivity contribution in [1.82, 2.24) is 4.90 Å². The van der Waals surface area contributed by atoms with Gasteiger partial charge in [-0.25, -0.2) is 8.42 Å². The van der Waals surface area contributed by atoms with E-state index in [2.05, 4.69) is 4.72 Å². The number of rotatable bonds is 2. The fourth-order valence-electron chi connectivity index (χ4n) is 1.36. The van der Waals surface area contributed by atoms with Crippen LogP contribution in [0.3, 0.4) is 0 Å². The smallest absolute Gasteiger partial charge is 0.538 e. The number of alkyl halides is 3. The van der Waals surface area contributed by atoms with Gasteiger partial charge in [0.25, 0.3) is 0 Å². The van der Waals surface area contributed by atoms with Crippen LogP contribution in [0, 0.1) is 0 Å². The van der Waals surface area contributed by atoms with Crippen LogP contribution in [0.5, 0.6) is 0 Å². The van der Waals surface area contributed by atoms with Gasteiger partial charge in [0.2, 0.25) is 0 Å². The molecule has 0 N–H and O–H groups in total. The molecule has 16 heavy (non-hydrogen) atoms.